The van der Waals surface area contributed by atoms with E-state index in [4.69, 9.17) is 14.2 Å². The molecule has 0 bridgehead atoms. The second-order valence-electron chi connectivity index (χ2n) is 7.40. The van der Waals surface area contributed by atoms with Crippen LogP contribution in [0.1, 0.15) is 21.5 Å². The van der Waals surface area contributed by atoms with Crippen LogP contribution in [0.4, 0.5) is 0 Å². The van der Waals surface area contributed by atoms with Gasteiger partial charge in [0, 0.05) is 17.2 Å². The molecule has 0 spiro atoms. The van der Waals surface area contributed by atoms with Crippen LogP contribution >= 0.6 is 11.8 Å². The van der Waals surface area contributed by atoms with Crippen LogP contribution in [0.3, 0.4) is 0 Å². The second kappa shape index (κ2) is 11.4. The Labute approximate surface area is 204 Å². The minimum atomic E-state index is -3.76. The smallest absolute Gasteiger partial charge is 0.338 e. The number of rotatable bonds is 10. The summed E-state index contributed by atoms with van der Waals surface area (Å²) < 4.78 is 43.8. The Morgan fingerprint density at radius 1 is 0.912 bits per heavy atom. The van der Waals surface area contributed by atoms with Crippen molar-refractivity contribution in [3.63, 3.8) is 0 Å². The highest BCUT2D eigenvalue weighted by atomic mass is 32.2. The van der Waals surface area contributed by atoms with E-state index in [1.165, 1.54) is 24.9 Å². The minimum Gasteiger partial charge on any atom is -0.497 e. The SMILES string of the molecule is COC(=O)c1cc(S(=O)(=O)NCCSc2ccc(Oc3ccc(OC)cc3)cc2)cc(C)c1C. The normalized spacial score (nSPS) is 11.2. The molecule has 3 aromatic rings. The van der Waals surface area contributed by atoms with Gasteiger partial charge in [0.15, 0.2) is 0 Å². The number of nitrogens with one attached hydrogen (secondary N) is 1. The quantitative estimate of drug-likeness (QED) is 0.238. The Morgan fingerprint density at radius 2 is 1.50 bits per heavy atom. The molecule has 0 aromatic heterocycles. The van der Waals surface area contributed by atoms with Crippen molar-refractivity contribution in [3.05, 3.63) is 77.4 Å². The average Bonchev–Trinajstić information content (AvgIpc) is 2.84. The van der Waals surface area contributed by atoms with Crippen LogP contribution in [0.5, 0.6) is 17.2 Å². The molecule has 0 heterocycles. The molecular formula is C25H27NO6S2. The van der Waals surface area contributed by atoms with Gasteiger partial charge in [-0.2, -0.15) is 0 Å². The predicted octanol–water partition coefficient (Wildman–Crippen LogP) is 4.96. The molecule has 0 saturated heterocycles. The van der Waals surface area contributed by atoms with Crippen molar-refractivity contribution >= 4 is 27.8 Å². The molecular weight excluding hydrogens is 474 g/mol. The van der Waals surface area contributed by atoms with Gasteiger partial charge in [-0.05, 0) is 85.6 Å². The molecule has 0 amide bonds. The fraction of sp³-hybridized carbons (Fsp3) is 0.240. The third kappa shape index (κ3) is 6.53. The van der Waals surface area contributed by atoms with Crippen molar-refractivity contribution < 1.29 is 27.4 Å². The van der Waals surface area contributed by atoms with Gasteiger partial charge in [0.05, 0.1) is 24.7 Å². The van der Waals surface area contributed by atoms with Crippen molar-refractivity contribution in [2.75, 3.05) is 26.5 Å². The molecule has 34 heavy (non-hydrogen) atoms. The standard InChI is InChI=1S/C25H27NO6S2/c1-17-15-23(16-24(18(17)2)25(27)31-4)34(28,29)26-13-14-33-22-11-9-21(10-12-22)32-20-7-5-19(30-3)6-8-20/h5-12,15-16,26H,13-14H2,1-4H3. The monoisotopic (exact) mass is 501 g/mol. The Morgan fingerprint density at radius 3 is 2.09 bits per heavy atom. The Hall–Kier alpha value is -3.01. The summed E-state index contributed by atoms with van der Waals surface area (Å²) in [4.78, 5) is 13.0. The molecule has 0 aliphatic carbocycles. The lowest BCUT2D eigenvalue weighted by Gasteiger charge is -2.12. The number of thioether (sulfide) groups is 1. The van der Waals surface area contributed by atoms with Crippen molar-refractivity contribution in [2.24, 2.45) is 0 Å². The Balaban J connectivity index is 1.54. The van der Waals surface area contributed by atoms with Gasteiger partial charge < -0.3 is 14.2 Å². The molecule has 0 aliphatic heterocycles. The van der Waals surface area contributed by atoms with E-state index >= 15 is 0 Å². The van der Waals surface area contributed by atoms with E-state index < -0.39 is 16.0 Å². The number of hydrogen-bond acceptors (Lipinski definition) is 7. The average molecular weight is 502 g/mol. The summed E-state index contributed by atoms with van der Waals surface area (Å²) in [5, 5.41) is 0. The van der Waals surface area contributed by atoms with E-state index in [1.54, 1.807) is 27.0 Å². The van der Waals surface area contributed by atoms with Gasteiger partial charge in [-0.1, -0.05) is 0 Å². The van der Waals surface area contributed by atoms with Crippen molar-refractivity contribution in [2.45, 2.75) is 23.6 Å². The van der Waals surface area contributed by atoms with Crippen LogP contribution in [0.15, 0.2) is 70.5 Å². The molecule has 3 aromatic carbocycles. The number of hydrogen-bond donors (Lipinski definition) is 1. The van der Waals surface area contributed by atoms with Crippen molar-refractivity contribution in [3.8, 4) is 17.2 Å². The second-order valence-corrected chi connectivity index (χ2v) is 10.3. The summed E-state index contributed by atoms with van der Waals surface area (Å²) >= 11 is 1.52. The van der Waals surface area contributed by atoms with Gasteiger partial charge in [0.25, 0.3) is 0 Å². The van der Waals surface area contributed by atoms with Crippen LogP contribution in [0.2, 0.25) is 0 Å². The van der Waals surface area contributed by atoms with Gasteiger partial charge in [-0.25, -0.2) is 17.9 Å². The number of sulfonamides is 1. The molecule has 7 nitrogen and oxygen atoms in total. The largest absolute Gasteiger partial charge is 0.497 e. The lowest BCUT2D eigenvalue weighted by atomic mass is 10.0. The molecule has 0 radical (unpaired) electrons. The molecule has 180 valence electrons. The van der Waals surface area contributed by atoms with Crippen LogP contribution < -0.4 is 14.2 Å². The highest BCUT2D eigenvalue weighted by molar-refractivity contribution is 7.99. The fourth-order valence-electron chi connectivity index (χ4n) is 3.12. The fourth-order valence-corrected chi connectivity index (χ4v) is 5.16. The molecule has 0 atom stereocenters. The lowest BCUT2D eigenvalue weighted by Crippen LogP contribution is -2.26. The zero-order chi connectivity index (χ0) is 24.7. The maximum atomic E-state index is 12.7. The first-order valence-electron chi connectivity index (χ1n) is 10.5. The molecule has 0 saturated carbocycles. The molecule has 3 rings (SSSR count). The minimum absolute atomic E-state index is 0.0426. The van der Waals surface area contributed by atoms with Crippen LogP contribution in [0, 0.1) is 13.8 Å². The summed E-state index contributed by atoms with van der Waals surface area (Å²) in [6.45, 7) is 3.76. The van der Waals surface area contributed by atoms with E-state index in [0.717, 1.165) is 10.6 Å². The first kappa shape index (κ1) is 25.6. The summed E-state index contributed by atoms with van der Waals surface area (Å²) in [5.74, 6) is 2.14. The Kier molecular flexibility index (Phi) is 8.60. The zero-order valence-electron chi connectivity index (χ0n) is 19.5. The number of carbonyl (C=O) groups excluding carboxylic acids is 1. The highest BCUT2D eigenvalue weighted by Crippen LogP contribution is 2.27. The summed E-state index contributed by atoms with van der Waals surface area (Å²) in [6.07, 6.45) is 0. The maximum Gasteiger partial charge on any atom is 0.338 e. The molecule has 0 unspecified atom stereocenters. The lowest BCUT2D eigenvalue weighted by molar-refractivity contribution is 0.0599. The van der Waals surface area contributed by atoms with E-state index in [-0.39, 0.29) is 17.0 Å². The van der Waals surface area contributed by atoms with Gasteiger partial charge in [0.2, 0.25) is 10.0 Å². The van der Waals surface area contributed by atoms with Gasteiger partial charge >= 0.3 is 5.97 Å². The maximum absolute atomic E-state index is 12.7. The Bertz CT molecular complexity index is 1240. The first-order chi connectivity index (χ1) is 16.2. The molecule has 0 fully saturated rings. The number of carbonyl (C=O) groups is 1. The molecule has 0 aliphatic rings. The van der Waals surface area contributed by atoms with E-state index in [0.29, 0.717) is 28.4 Å². The van der Waals surface area contributed by atoms with Gasteiger partial charge in [-0.3, -0.25) is 0 Å². The third-order valence-electron chi connectivity index (χ3n) is 5.14. The number of methoxy groups -OCH3 is 2. The molecule has 9 heteroatoms. The van der Waals surface area contributed by atoms with Crippen molar-refractivity contribution in [1.29, 1.82) is 0 Å². The summed E-state index contributed by atoms with van der Waals surface area (Å²) in [7, 11) is -0.883. The van der Waals surface area contributed by atoms with Crippen LogP contribution in [-0.4, -0.2) is 40.9 Å². The van der Waals surface area contributed by atoms with E-state index in [1.807, 2.05) is 48.5 Å². The number of aryl methyl sites for hydroxylation is 1. The first-order valence-corrected chi connectivity index (χ1v) is 12.9. The van der Waals surface area contributed by atoms with Gasteiger partial charge in [0.1, 0.15) is 17.2 Å². The molecule has 1 N–H and O–H groups in total. The van der Waals surface area contributed by atoms with Crippen LogP contribution in [-0.2, 0) is 14.8 Å². The van der Waals surface area contributed by atoms with Crippen molar-refractivity contribution in [1.82, 2.24) is 4.72 Å². The zero-order valence-corrected chi connectivity index (χ0v) is 21.1. The van der Waals surface area contributed by atoms with E-state index in [9.17, 15) is 13.2 Å². The topological polar surface area (TPSA) is 90.9 Å². The number of benzene rings is 3. The van der Waals surface area contributed by atoms with Crippen LogP contribution in [0.25, 0.3) is 0 Å². The van der Waals surface area contributed by atoms with Gasteiger partial charge in [-0.15, -0.1) is 11.8 Å². The predicted molar refractivity (Wildman–Crippen MR) is 133 cm³/mol. The highest BCUT2D eigenvalue weighted by Gasteiger charge is 2.20. The number of esters is 1. The third-order valence-corrected chi connectivity index (χ3v) is 7.59. The summed E-state index contributed by atoms with van der Waals surface area (Å²) in [5.41, 5.74) is 1.64. The van der Waals surface area contributed by atoms with E-state index in [2.05, 4.69) is 4.72 Å². The summed E-state index contributed by atoms with van der Waals surface area (Å²) in [6, 6.07) is 17.8. The number of ether oxygens (including phenoxy) is 3.